The van der Waals surface area contributed by atoms with Crippen molar-refractivity contribution in [2.24, 2.45) is 0 Å². The standard InChI is InChI=1S/C18H13ClF3N5O2/c1-9-17(18(29)24-15-5-2-10(20)6-14(15)22)25-26-27(9)8-16(28)23-11-3-4-13(21)12(19)7-11/h2-7H,8H2,1H3,(H,23,28)(H,24,29). The van der Waals surface area contributed by atoms with Gasteiger partial charge in [-0.15, -0.1) is 5.10 Å². The highest BCUT2D eigenvalue weighted by Gasteiger charge is 2.19. The van der Waals surface area contributed by atoms with Gasteiger partial charge in [-0.05, 0) is 37.3 Å². The zero-order valence-electron chi connectivity index (χ0n) is 14.8. The van der Waals surface area contributed by atoms with E-state index in [0.717, 1.165) is 22.9 Å². The Kier molecular flexibility index (Phi) is 5.83. The summed E-state index contributed by atoms with van der Waals surface area (Å²) in [6.07, 6.45) is 0. The minimum Gasteiger partial charge on any atom is -0.324 e. The van der Waals surface area contributed by atoms with Gasteiger partial charge in [0, 0.05) is 11.8 Å². The number of hydrogen-bond donors (Lipinski definition) is 2. The van der Waals surface area contributed by atoms with Crippen LogP contribution in [0.4, 0.5) is 24.5 Å². The number of nitrogens with one attached hydrogen (secondary N) is 2. The summed E-state index contributed by atoms with van der Waals surface area (Å²) in [7, 11) is 0. The van der Waals surface area contributed by atoms with Gasteiger partial charge in [-0.1, -0.05) is 16.8 Å². The van der Waals surface area contributed by atoms with Crippen LogP contribution in [-0.4, -0.2) is 26.8 Å². The molecule has 0 aliphatic rings. The maximum atomic E-state index is 13.7. The van der Waals surface area contributed by atoms with Gasteiger partial charge in [0.05, 0.1) is 16.4 Å². The molecule has 0 atom stereocenters. The summed E-state index contributed by atoms with van der Waals surface area (Å²) in [5, 5.41) is 12.1. The van der Waals surface area contributed by atoms with Crippen molar-refractivity contribution in [1.29, 1.82) is 0 Å². The SMILES string of the molecule is Cc1c(C(=O)Nc2ccc(F)cc2F)nnn1CC(=O)Nc1ccc(F)c(Cl)c1. The molecule has 0 unspecified atom stereocenters. The molecule has 1 aromatic heterocycles. The van der Waals surface area contributed by atoms with Gasteiger partial charge in [0.2, 0.25) is 5.91 Å². The van der Waals surface area contributed by atoms with E-state index < -0.39 is 29.3 Å². The van der Waals surface area contributed by atoms with Gasteiger partial charge < -0.3 is 10.6 Å². The zero-order valence-corrected chi connectivity index (χ0v) is 15.6. The highest BCUT2D eigenvalue weighted by Crippen LogP contribution is 2.20. The minimum atomic E-state index is -0.944. The van der Waals surface area contributed by atoms with E-state index in [9.17, 15) is 22.8 Å². The second kappa shape index (κ2) is 8.31. The van der Waals surface area contributed by atoms with Crippen molar-refractivity contribution < 1.29 is 22.8 Å². The molecule has 3 aromatic rings. The van der Waals surface area contributed by atoms with E-state index >= 15 is 0 Å². The van der Waals surface area contributed by atoms with Crippen LogP contribution in [0.2, 0.25) is 5.02 Å². The Hall–Kier alpha value is -3.40. The first-order valence-corrected chi connectivity index (χ1v) is 8.54. The van der Waals surface area contributed by atoms with Gasteiger partial charge in [0.15, 0.2) is 5.69 Å². The van der Waals surface area contributed by atoms with Gasteiger partial charge >= 0.3 is 0 Å². The lowest BCUT2D eigenvalue weighted by molar-refractivity contribution is -0.117. The van der Waals surface area contributed by atoms with Gasteiger partial charge in [-0.2, -0.15) is 0 Å². The molecule has 0 aliphatic heterocycles. The number of rotatable bonds is 5. The predicted molar refractivity (Wildman–Crippen MR) is 99.1 cm³/mol. The lowest BCUT2D eigenvalue weighted by Crippen LogP contribution is -2.21. The molecule has 3 rings (SSSR count). The third-order valence-corrected chi connectivity index (χ3v) is 4.16. The van der Waals surface area contributed by atoms with Crippen molar-refractivity contribution in [3.8, 4) is 0 Å². The Morgan fingerprint density at radius 3 is 2.52 bits per heavy atom. The Bertz CT molecular complexity index is 1100. The summed E-state index contributed by atoms with van der Waals surface area (Å²) >= 11 is 5.66. The van der Waals surface area contributed by atoms with Gasteiger partial charge in [-0.3, -0.25) is 9.59 Å². The number of carbonyl (C=O) groups excluding carboxylic acids is 2. The minimum absolute atomic E-state index is 0.133. The second-order valence-corrected chi connectivity index (χ2v) is 6.34. The monoisotopic (exact) mass is 423 g/mol. The number of anilines is 2. The van der Waals surface area contributed by atoms with Gasteiger partial charge in [-0.25, -0.2) is 17.9 Å². The molecule has 0 aliphatic carbocycles. The summed E-state index contributed by atoms with van der Waals surface area (Å²) in [4.78, 5) is 24.4. The number of nitrogens with zero attached hydrogens (tertiary/aromatic N) is 3. The number of amides is 2. The normalized spacial score (nSPS) is 10.7. The number of aromatic nitrogens is 3. The van der Waals surface area contributed by atoms with Gasteiger partial charge in [0.1, 0.15) is 24.0 Å². The van der Waals surface area contributed by atoms with Crippen molar-refractivity contribution >= 4 is 34.8 Å². The van der Waals surface area contributed by atoms with E-state index in [4.69, 9.17) is 11.6 Å². The van der Waals surface area contributed by atoms with Crippen molar-refractivity contribution in [1.82, 2.24) is 15.0 Å². The Labute approximate surface area is 167 Å². The fourth-order valence-corrected chi connectivity index (χ4v) is 2.58. The molecule has 0 fully saturated rings. The Morgan fingerprint density at radius 2 is 1.83 bits per heavy atom. The summed E-state index contributed by atoms with van der Waals surface area (Å²) in [6, 6.07) is 6.39. The van der Waals surface area contributed by atoms with Crippen molar-refractivity contribution in [3.05, 3.63) is 70.3 Å². The summed E-state index contributed by atoms with van der Waals surface area (Å²) in [6.45, 7) is 1.21. The van der Waals surface area contributed by atoms with Crippen LogP contribution in [0.15, 0.2) is 36.4 Å². The van der Waals surface area contributed by atoms with Crippen molar-refractivity contribution in [2.45, 2.75) is 13.5 Å². The van der Waals surface area contributed by atoms with Crippen LogP contribution in [0.1, 0.15) is 16.2 Å². The highest BCUT2D eigenvalue weighted by molar-refractivity contribution is 6.31. The van der Waals surface area contributed by atoms with Crippen LogP contribution in [0.25, 0.3) is 0 Å². The molecule has 0 bridgehead atoms. The first-order valence-electron chi connectivity index (χ1n) is 8.16. The lowest BCUT2D eigenvalue weighted by Gasteiger charge is -2.07. The van der Waals surface area contributed by atoms with Crippen LogP contribution in [0, 0.1) is 24.4 Å². The van der Waals surface area contributed by atoms with Crippen LogP contribution >= 0.6 is 11.6 Å². The van der Waals surface area contributed by atoms with E-state index in [1.807, 2.05) is 0 Å². The number of hydrogen-bond acceptors (Lipinski definition) is 4. The zero-order chi connectivity index (χ0) is 21.1. The number of halogens is 4. The van der Waals surface area contributed by atoms with E-state index in [-0.39, 0.29) is 34.3 Å². The molecule has 2 aromatic carbocycles. The van der Waals surface area contributed by atoms with Crippen LogP contribution < -0.4 is 10.6 Å². The van der Waals surface area contributed by atoms with Gasteiger partial charge in [0.25, 0.3) is 5.91 Å². The largest absolute Gasteiger partial charge is 0.324 e. The fourth-order valence-electron chi connectivity index (χ4n) is 2.40. The third-order valence-electron chi connectivity index (χ3n) is 3.87. The van der Waals surface area contributed by atoms with E-state index in [2.05, 4.69) is 20.9 Å². The fraction of sp³-hybridized carbons (Fsp3) is 0.111. The quantitative estimate of drug-likeness (QED) is 0.657. The first-order chi connectivity index (χ1) is 13.7. The first kappa shape index (κ1) is 20.3. The topological polar surface area (TPSA) is 88.9 Å². The number of benzene rings is 2. The predicted octanol–water partition coefficient (Wildman–Crippen LogP) is 3.55. The van der Waals surface area contributed by atoms with Crippen LogP contribution in [-0.2, 0) is 11.3 Å². The molecule has 11 heteroatoms. The van der Waals surface area contributed by atoms with E-state index in [1.54, 1.807) is 0 Å². The molecule has 150 valence electrons. The number of carbonyl (C=O) groups is 2. The molecular formula is C18H13ClF3N5O2. The average Bonchev–Trinajstić information content (AvgIpc) is 3.01. The maximum absolute atomic E-state index is 13.7. The average molecular weight is 424 g/mol. The second-order valence-electron chi connectivity index (χ2n) is 5.94. The summed E-state index contributed by atoms with van der Waals surface area (Å²) in [5.41, 5.74) is 0.170. The highest BCUT2D eigenvalue weighted by atomic mass is 35.5. The van der Waals surface area contributed by atoms with Crippen LogP contribution in [0.3, 0.4) is 0 Å². The molecule has 0 saturated carbocycles. The molecule has 0 radical (unpaired) electrons. The maximum Gasteiger partial charge on any atom is 0.278 e. The summed E-state index contributed by atoms with van der Waals surface area (Å²) in [5.74, 6) is -3.64. The molecule has 2 N–H and O–H groups in total. The Balaban J connectivity index is 1.68. The molecule has 7 nitrogen and oxygen atoms in total. The molecule has 2 amide bonds. The van der Waals surface area contributed by atoms with Crippen molar-refractivity contribution in [3.63, 3.8) is 0 Å². The molecule has 0 saturated heterocycles. The van der Waals surface area contributed by atoms with E-state index in [1.165, 1.54) is 19.1 Å². The molecular weight excluding hydrogens is 411 g/mol. The molecule has 0 spiro atoms. The lowest BCUT2D eigenvalue weighted by atomic mass is 10.2. The molecule has 1 heterocycles. The third kappa shape index (κ3) is 4.72. The summed E-state index contributed by atoms with van der Waals surface area (Å²) < 4.78 is 41.0. The van der Waals surface area contributed by atoms with Crippen molar-refractivity contribution in [2.75, 3.05) is 10.6 Å². The molecule has 29 heavy (non-hydrogen) atoms. The van der Waals surface area contributed by atoms with Crippen LogP contribution in [0.5, 0.6) is 0 Å². The van der Waals surface area contributed by atoms with E-state index in [0.29, 0.717) is 6.07 Å². The Morgan fingerprint density at radius 1 is 1.07 bits per heavy atom. The smallest absolute Gasteiger partial charge is 0.278 e.